The van der Waals surface area contributed by atoms with E-state index >= 15 is 0 Å². The lowest BCUT2D eigenvalue weighted by Crippen LogP contribution is -2.22. The normalized spacial score (nSPS) is 12.1. The Bertz CT molecular complexity index is 1270. The summed E-state index contributed by atoms with van der Waals surface area (Å²) in [5.41, 5.74) is 4.05. The van der Waals surface area contributed by atoms with E-state index in [1.165, 1.54) is 18.6 Å². The number of hydrogen-bond acceptors (Lipinski definition) is 9. The second-order valence-electron chi connectivity index (χ2n) is 7.20. The highest BCUT2D eigenvalue weighted by atomic mass is 35.5. The number of halogens is 4. The van der Waals surface area contributed by atoms with Crippen molar-refractivity contribution >= 4 is 52.2 Å². The van der Waals surface area contributed by atoms with Gasteiger partial charge in [0.25, 0.3) is 5.91 Å². The van der Waals surface area contributed by atoms with Gasteiger partial charge in [-0.1, -0.05) is 18.5 Å². The van der Waals surface area contributed by atoms with Crippen LogP contribution in [0.25, 0.3) is 0 Å². The van der Waals surface area contributed by atoms with Crippen LogP contribution >= 0.6 is 22.9 Å². The fraction of sp³-hybridized carbons (Fsp3) is 0.250. The zero-order chi connectivity index (χ0) is 25.8. The second kappa shape index (κ2) is 10.7. The first-order chi connectivity index (χ1) is 16.4. The minimum atomic E-state index is -4.71. The number of alkyl halides is 3. The van der Waals surface area contributed by atoms with Gasteiger partial charge in [0.05, 0.1) is 28.3 Å². The summed E-state index contributed by atoms with van der Waals surface area (Å²) >= 11 is 6.52. The van der Waals surface area contributed by atoms with Gasteiger partial charge in [0, 0.05) is 24.6 Å². The molecule has 0 aliphatic carbocycles. The molecule has 0 aliphatic heterocycles. The van der Waals surface area contributed by atoms with E-state index in [0.717, 1.165) is 17.5 Å². The van der Waals surface area contributed by atoms with Crippen LogP contribution in [0.4, 0.5) is 24.8 Å². The molecule has 2 amide bonds. The number of nitrogens with one attached hydrogen (secondary N) is 2. The molecule has 3 rings (SSSR count). The molecule has 0 aromatic carbocycles. The SMILES string of the molecule is C[C@@H](CC(=O)c1cc(NCC(N)=O)ncn1)c1ncc(C(=O)Nc2cc(C(F)(F)F)c(Cl)cn2)s1. The van der Waals surface area contributed by atoms with Crippen molar-refractivity contribution in [2.24, 2.45) is 5.73 Å². The number of hydrogen-bond donors (Lipinski definition) is 3. The molecule has 0 spiro atoms. The van der Waals surface area contributed by atoms with E-state index in [1.807, 2.05) is 0 Å². The molecular formula is C20H17ClF3N7O3S. The van der Waals surface area contributed by atoms with Gasteiger partial charge in [0.1, 0.15) is 28.5 Å². The molecule has 15 heteroatoms. The van der Waals surface area contributed by atoms with E-state index < -0.39 is 34.5 Å². The molecule has 3 aromatic rings. The number of amides is 2. The molecule has 0 fully saturated rings. The van der Waals surface area contributed by atoms with Crippen LogP contribution in [0.1, 0.15) is 50.0 Å². The van der Waals surface area contributed by atoms with Crippen LogP contribution < -0.4 is 16.4 Å². The Morgan fingerprint density at radius 2 is 1.86 bits per heavy atom. The van der Waals surface area contributed by atoms with Gasteiger partial charge >= 0.3 is 6.18 Å². The molecule has 0 bridgehead atoms. The van der Waals surface area contributed by atoms with Gasteiger partial charge in [-0.2, -0.15) is 13.2 Å². The van der Waals surface area contributed by atoms with Crippen LogP contribution in [0.5, 0.6) is 0 Å². The first-order valence-corrected chi connectivity index (χ1v) is 11.0. The van der Waals surface area contributed by atoms with Gasteiger partial charge in [0.2, 0.25) is 5.91 Å². The number of thiazole rings is 1. The molecular weight excluding hydrogens is 511 g/mol. The predicted molar refractivity (Wildman–Crippen MR) is 121 cm³/mol. The fourth-order valence-electron chi connectivity index (χ4n) is 2.78. The number of aromatic nitrogens is 4. The Hall–Kier alpha value is -3.65. The molecule has 1 atom stereocenters. The third-order valence-corrected chi connectivity index (χ3v) is 5.99. The third-order valence-electron chi connectivity index (χ3n) is 4.46. The first kappa shape index (κ1) is 26.0. The summed E-state index contributed by atoms with van der Waals surface area (Å²) < 4.78 is 39.0. The third kappa shape index (κ3) is 6.93. The van der Waals surface area contributed by atoms with Crippen molar-refractivity contribution in [2.75, 3.05) is 17.2 Å². The molecule has 0 saturated carbocycles. The number of carbonyl (C=O) groups excluding carboxylic acids is 3. The Labute approximate surface area is 205 Å². The van der Waals surface area contributed by atoms with Gasteiger partial charge in [-0.25, -0.2) is 19.9 Å². The summed E-state index contributed by atoms with van der Waals surface area (Å²) in [5, 5.41) is 4.82. The summed E-state index contributed by atoms with van der Waals surface area (Å²) in [6.45, 7) is 1.57. The zero-order valence-electron chi connectivity index (χ0n) is 17.9. The highest BCUT2D eigenvalue weighted by molar-refractivity contribution is 7.13. The smallest absolute Gasteiger partial charge is 0.368 e. The van der Waals surface area contributed by atoms with Crippen molar-refractivity contribution in [1.29, 1.82) is 0 Å². The summed E-state index contributed by atoms with van der Waals surface area (Å²) in [4.78, 5) is 51.8. The van der Waals surface area contributed by atoms with Gasteiger partial charge in [-0.15, -0.1) is 11.3 Å². The second-order valence-corrected chi connectivity index (χ2v) is 8.67. The van der Waals surface area contributed by atoms with E-state index in [0.29, 0.717) is 11.1 Å². The molecule has 10 nitrogen and oxygen atoms in total. The van der Waals surface area contributed by atoms with E-state index in [1.54, 1.807) is 6.92 Å². The number of anilines is 2. The minimum Gasteiger partial charge on any atom is -0.368 e. The van der Waals surface area contributed by atoms with Crippen molar-refractivity contribution < 1.29 is 27.6 Å². The highest BCUT2D eigenvalue weighted by Crippen LogP contribution is 2.35. The number of primary amides is 1. The molecule has 0 radical (unpaired) electrons. The standard InChI is InChI=1S/C20H17ClF3N7O3S/c1-9(2-13(32)12-4-16(30-8-29-12)27-7-15(25)33)19-28-6-14(35-19)18(34)31-17-3-10(20(22,23)24)11(21)5-26-17/h3-6,8-9H,2,7H2,1H3,(H2,25,33)(H,26,31,34)(H,27,29,30)/t9-/m0/s1. The Kier molecular flexibility index (Phi) is 7.96. The van der Waals surface area contributed by atoms with Gasteiger partial charge in [0.15, 0.2) is 5.78 Å². The Morgan fingerprint density at radius 1 is 1.11 bits per heavy atom. The monoisotopic (exact) mass is 527 g/mol. The molecule has 3 heterocycles. The van der Waals surface area contributed by atoms with Crippen molar-refractivity contribution in [3.05, 3.63) is 57.0 Å². The maximum absolute atomic E-state index is 13.0. The van der Waals surface area contributed by atoms with E-state index in [9.17, 15) is 27.6 Å². The summed E-state index contributed by atoms with van der Waals surface area (Å²) in [5.74, 6) is -2.09. The Balaban J connectivity index is 1.65. The summed E-state index contributed by atoms with van der Waals surface area (Å²) in [6.07, 6.45) is -1.47. The molecule has 184 valence electrons. The van der Waals surface area contributed by atoms with Crippen molar-refractivity contribution in [3.8, 4) is 0 Å². The number of nitrogens with two attached hydrogens (primary N) is 1. The topological polar surface area (TPSA) is 153 Å². The largest absolute Gasteiger partial charge is 0.418 e. The van der Waals surface area contributed by atoms with Gasteiger partial charge in [-0.05, 0) is 6.07 Å². The van der Waals surface area contributed by atoms with Crippen LogP contribution in [0, 0.1) is 0 Å². The summed E-state index contributed by atoms with van der Waals surface area (Å²) in [6, 6.07) is 2.02. The molecule has 0 saturated heterocycles. The van der Waals surface area contributed by atoms with Crippen molar-refractivity contribution in [2.45, 2.75) is 25.4 Å². The summed E-state index contributed by atoms with van der Waals surface area (Å²) in [7, 11) is 0. The molecule has 3 aromatic heterocycles. The zero-order valence-corrected chi connectivity index (χ0v) is 19.5. The lowest BCUT2D eigenvalue weighted by molar-refractivity contribution is -0.137. The number of rotatable bonds is 9. The predicted octanol–water partition coefficient (Wildman–Crippen LogP) is 3.53. The molecule has 4 N–H and O–H groups in total. The average Bonchev–Trinajstić information content (AvgIpc) is 3.29. The lowest BCUT2D eigenvalue weighted by atomic mass is 10.0. The van der Waals surface area contributed by atoms with Gasteiger partial charge in [-0.3, -0.25) is 14.4 Å². The number of pyridine rings is 1. The average molecular weight is 528 g/mol. The number of ketones is 1. The first-order valence-electron chi connectivity index (χ1n) is 9.81. The van der Waals surface area contributed by atoms with Crippen molar-refractivity contribution in [3.63, 3.8) is 0 Å². The Morgan fingerprint density at radius 3 is 2.54 bits per heavy atom. The number of Topliss-reactive ketones (excluding diaryl/α,β-unsaturated/α-hetero) is 1. The highest BCUT2D eigenvalue weighted by Gasteiger charge is 2.34. The van der Waals surface area contributed by atoms with E-state index in [2.05, 4.69) is 30.6 Å². The lowest BCUT2D eigenvalue weighted by Gasteiger charge is -2.10. The number of nitrogens with zero attached hydrogens (tertiary/aromatic N) is 4. The molecule has 0 aliphatic rings. The maximum Gasteiger partial charge on any atom is 0.418 e. The van der Waals surface area contributed by atoms with Crippen LogP contribution in [0.3, 0.4) is 0 Å². The fourth-order valence-corrected chi connectivity index (χ4v) is 3.85. The van der Waals surface area contributed by atoms with E-state index in [4.69, 9.17) is 17.3 Å². The van der Waals surface area contributed by atoms with Crippen LogP contribution in [-0.2, 0) is 11.0 Å². The van der Waals surface area contributed by atoms with Crippen LogP contribution in [0.15, 0.2) is 30.9 Å². The van der Waals surface area contributed by atoms with Crippen molar-refractivity contribution in [1.82, 2.24) is 19.9 Å². The quantitative estimate of drug-likeness (QED) is 0.357. The van der Waals surface area contributed by atoms with Crippen LogP contribution in [0.2, 0.25) is 5.02 Å². The molecule has 35 heavy (non-hydrogen) atoms. The maximum atomic E-state index is 13.0. The minimum absolute atomic E-state index is 0.00846. The number of carbonyl (C=O) groups is 3. The van der Waals surface area contributed by atoms with Gasteiger partial charge < -0.3 is 16.4 Å². The molecule has 0 unspecified atom stereocenters. The van der Waals surface area contributed by atoms with Crippen LogP contribution in [-0.4, -0.2) is 44.1 Å². The van der Waals surface area contributed by atoms with E-state index in [-0.39, 0.29) is 41.0 Å².